The smallest absolute Gasteiger partial charge is 0.410 e. The van der Waals surface area contributed by atoms with E-state index in [1.165, 1.54) is 0 Å². The van der Waals surface area contributed by atoms with E-state index in [1.54, 1.807) is 16.8 Å². The second kappa shape index (κ2) is 5.25. The summed E-state index contributed by atoms with van der Waals surface area (Å²) in [6.07, 6.45) is -0.311. The van der Waals surface area contributed by atoms with Gasteiger partial charge in [-0.15, -0.1) is 0 Å². The van der Waals surface area contributed by atoms with Crippen LogP contribution in [0.3, 0.4) is 0 Å². The van der Waals surface area contributed by atoms with Crippen molar-refractivity contribution in [1.82, 2.24) is 15.1 Å². The highest BCUT2D eigenvalue weighted by atomic mass is 16.6. The largest absolute Gasteiger partial charge is 0.444 e. The van der Waals surface area contributed by atoms with Crippen LogP contribution in [0.4, 0.5) is 9.59 Å². The van der Waals surface area contributed by atoms with Crippen LogP contribution in [0.15, 0.2) is 0 Å². The summed E-state index contributed by atoms with van der Waals surface area (Å²) < 4.78 is 5.27. The topological polar surface area (TPSA) is 61.9 Å². The first kappa shape index (κ1) is 13.6. The van der Waals surface area contributed by atoms with E-state index in [4.69, 9.17) is 4.74 Å². The molecule has 0 radical (unpaired) electrons. The second-order valence-electron chi connectivity index (χ2n) is 5.01. The lowest BCUT2D eigenvalue weighted by molar-refractivity contribution is 0.0170. The summed E-state index contributed by atoms with van der Waals surface area (Å²) in [5, 5.41) is 2.57. The number of amides is 3. The molecule has 1 fully saturated rings. The van der Waals surface area contributed by atoms with Crippen LogP contribution in [0.5, 0.6) is 0 Å². The van der Waals surface area contributed by atoms with Crippen molar-refractivity contribution >= 4 is 12.1 Å². The molecular weight excluding hydrogens is 222 g/mol. The maximum absolute atomic E-state index is 11.7. The number of nitrogens with zero attached hydrogens (tertiary/aromatic N) is 2. The Morgan fingerprint density at radius 3 is 1.94 bits per heavy atom. The summed E-state index contributed by atoms with van der Waals surface area (Å²) in [6, 6.07) is -0.103. The molecule has 1 N–H and O–H groups in total. The molecule has 0 aromatic heterocycles. The first-order valence-electron chi connectivity index (χ1n) is 5.78. The lowest BCUT2D eigenvalue weighted by Gasteiger charge is -2.35. The molecule has 0 aromatic carbocycles. The van der Waals surface area contributed by atoms with Gasteiger partial charge in [-0.05, 0) is 20.8 Å². The van der Waals surface area contributed by atoms with Crippen LogP contribution in [0, 0.1) is 0 Å². The fraction of sp³-hybridized carbons (Fsp3) is 0.818. The van der Waals surface area contributed by atoms with Crippen LogP contribution >= 0.6 is 0 Å². The fourth-order valence-corrected chi connectivity index (χ4v) is 1.58. The SMILES string of the molecule is CNC(=O)N1CCN(C(=O)OC(C)(C)C)CC1. The summed E-state index contributed by atoms with van der Waals surface area (Å²) in [5.74, 6) is 0. The minimum Gasteiger partial charge on any atom is -0.444 e. The molecule has 0 aliphatic carbocycles. The van der Waals surface area contributed by atoms with E-state index in [-0.39, 0.29) is 12.1 Å². The summed E-state index contributed by atoms with van der Waals surface area (Å²) in [4.78, 5) is 26.4. The van der Waals surface area contributed by atoms with Crippen LogP contribution in [0.2, 0.25) is 0 Å². The number of carbonyl (C=O) groups excluding carboxylic acids is 2. The van der Waals surface area contributed by atoms with Gasteiger partial charge >= 0.3 is 12.1 Å². The van der Waals surface area contributed by atoms with Gasteiger partial charge in [-0.25, -0.2) is 9.59 Å². The minimum absolute atomic E-state index is 0.103. The third-order valence-corrected chi connectivity index (χ3v) is 2.43. The molecule has 0 unspecified atom stereocenters. The summed E-state index contributed by atoms with van der Waals surface area (Å²) in [7, 11) is 1.60. The van der Waals surface area contributed by atoms with E-state index in [0.717, 1.165) is 0 Å². The van der Waals surface area contributed by atoms with E-state index in [9.17, 15) is 9.59 Å². The van der Waals surface area contributed by atoms with Gasteiger partial charge in [-0.1, -0.05) is 0 Å². The Morgan fingerprint density at radius 2 is 1.53 bits per heavy atom. The molecule has 3 amide bonds. The van der Waals surface area contributed by atoms with Crippen LogP contribution in [0.1, 0.15) is 20.8 Å². The molecule has 1 rings (SSSR count). The summed E-state index contributed by atoms with van der Waals surface area (Å²) in [5.41, 5.74) is -0.477. The lowest BCUT2D eigenvalue weighted by Crippen LogP contribution is -2.53. The molecule has 1 aliphatic heterocycles. The average molecular weight is 243 g/mol. The van der Waals surface area contributed by atoms with E-state index >= 15 is 0 Å². The van der Waals surface area contributed by atoms with Crippen LogP contribution in [0.25, 0.3) is 0 Å². The number of piperazine rings is 1. The third kappa shape index (κ3) is 4.13. The first-order chi connectivity index (χ1) is 7.83. The number of rotatable bonds is 0. The molecule has 6 nitrogen and oxygen atoms in total. The normalized spacial score (nSPS) is 16.7. The Balaban J connectivity index is 2.42. The van der Waals surface area contributed by atoms with Crippen molar-refractivity contribution in [1.29, 1.82) is 0 Å². The zero-order chi connectivity index (χ0) is 13.1. The molecule has 0 atom stereocenters. The number of nitrogens with one attached hydrogen (secondary N) is 1. The second-order valence-corrected chi connectivity index (χ2v) is 5.01. The van der Waals surface area contributed by atoms with Crippen molar-refractivity contribution in [2.24, 2.45) is 0 Å². The van der Waals surface area contributed by atoms with E-state index in [2.05, 4.69) is 5.32 Å². The standard InChI is InChI=1S/C11H21N3O3/c1-11(2,3)17-10(16)14-7-5-13(6-8-14)9(15)12-4/h5-8H2,1-4H3,(H,12,15). The highest BCUT2D eigenvalue weighted by molar-refractivity contribution is 5.74. The zero-order valence-electron chi connectivity index (χ0n) is 10.9. The Kier molecular flexibility index (Phi) is 4.20. The fourth-order valence-electron chi connectivity index (χ4n) is 1.58. The van der Waals surface area contributed by atoms with Gasteiger partial charge in [-0.3, -0.25) is 0 Å². The molecule has 17 heavy (non-hydrogen) atoms. The molecule has 0 spiro atoms. The van der Waals surface area contributed by atoms with Gasteiger partial charge in [0, 0.05) is 33.2 Å². The van der Waals surface area contributed by atoms with Gasteiger partial charge in [0.25, 0.3) is 0 Å². The predicted molar refractivity (Wildman–Crippen MR) is 63.8 cm³/mol. The van der Waals surface area contributed by atoms with Gasteiger partial charge in [0.1, 0.15) is 5.60 Å². The highest BCUT2D eigenvalue weighted by Crippen LogP contribution is 2.11. The van der Waals surface area contributed by atoms with E-state index in [0.29, 0.717) is 26.2 Å². The molecular formula is C11H21N3O3. The quantitative estimate of drug-likeness (QED) is 0.687. The van der Waals surface area contributed by atoms with Crippen molar-refractivity contribution < 1.29 is 14.3 Å². The molecule has 1 heterocycles. The monoisotopic (exact) mass is 243 g/mol. The van der Waals surface area contributed by atoms with Gasteiger partial charge in [0.2, 0.25) is 0 Å². The van der Waals surface area contributed by atoms with E-state index in [1.807, 2.05) is 20.8 Å². The van der Waals surface area contributed by atoms with Crippen molar-refractivity contribution in [3.63, 3.8) is 0 Å². The van der Waals surface area contributed by atoms with Crippen molar-refractivity contribution in [2.45, 2.75) is 26.4 Å². The van der Waals surface area contributed by atoms with Crippen LogP contribution in [-0.4, -0.2) is 60.8 Å². The highest BCUT2D eigenvalue weighted by Gasteiger charge is 2.27. The average Bonchev–Trinajstić information content (AvgIpc) is 2.26. The van der Waals surface area contributed by atoms with Gasteiger partial charge in [0.15, 0.2) is 0 Å². The molecule has 0 bridgehead atoms. The van der Waals surface area contributed by atoms with Gasteiger partial charge < -0.3 is 19.9 Å². The van der Waals surface area contributed by atoms with Crippen LogP contribution in [-0.2, 0) is 4.74 Å². The summed E-state index contributed by atoms with van der Waals surface area (Å²) in [6.45, 7) is 7.63. The van der Waals surface area contributed by atoms with Gasteiger partial charge in [-0.2, -0.15) is 0 Å². The number of ether oxygens (including phenoxy) is 1. The number of hydrogen-bond donors (Lipinski definition) is 1. The Hall–Kier alpha value is -1.46. The Labute approximate surface area is 102 Å². The Morgan fingerprint density at radius 1 is 1.06 bits per heavy atom. The predicted octanol–water partition coefficient (Wildman–Crippen LogP) is 0.878. The molecule has 0 saturated carbocycles. The van der Waals surface area contributed by atoms with Crippen molar-refractivity contribution in [3.8, 4) is 0 Å². The van der Waals surface area contributed by atoms with Gasteiger partial charge in [0.05, 0.1) is 0 Å². The summed E-state index contributed by atoms with van der Waals surface area (Å²) >= 11 is 0. The Bertz CT molecular complexity index is 291. The zero-order valence-corrected chi connectivity index (χ0v) is 10.9. The van der Waals surface area contributed by atoms with Crippen LogP contribution < -0.4 is 5.32 Å². The minimum atomic E-state index is -0.477. The maximum atomic E-state index is 11.7. The van der Waals surface area contributed by atoms with Crippen molar-refractivity contribution in [2.75, 3.05) is 33.2 Å². The van der Waals surface area contributed by atoms with E-state index < -0.39 is 5.60 Å². The molecule has 1 aliphatic rings. The number of carbonyl (C=O) groups is 2. The van der Waals surface area contributed by atoms with Crippen molar-refractivity contribution in [3.05, 3.63) is 0 Å². The molecule has 98 valence electrons. The third-order valence-electron chi connectivity index (χ3n) is 2.43. The first-order valence-corrected chi connectivity index (χ1v) is 5.78. The lowest BCUT2D eigenvalue weighted by atomic mass is 10.2. The molecule has 0 aromatic rings. The number of urea groups is 1. The molecule has 1 saturated heterocycles. The molecule has 6 heteroatoms. The number of hydrogen-bond acceptors (Lipinski definition) is 3. The maximum Gasteiger partial charge on any atom is 0.410 e.